The number of carbonyl (C=O) groups is 1. The number of tetrazole rings is 1. The largest absolute Gasteiger partial charge is 0.497 e. The zero-order valence-corrected chi connectivity index (χ0v) is 16.1. The summed E-state index contributed by atoms with van der Waals surface area (Å²) in [7, 11) is 1.66. The summed E-state index contributed by atoms with van der Waals surface area (Å²) in [6, 6.07) is 17.3. The first-order valence-corrected chi connectivity index (χ1v) is 9.41. The Kier molecular flexibility index (Phi) is 5.51. The van der Waals surface area contributed by atoms with E-state index >= 15 is 0 Å². The van der Waals surface area contributed by atoms with Crippen LogP contribution in [-0.2, 0) is 17.8 Å². The van der Waals surface area contributed by atoms with E-state index in [4.69, 9.17) is 4.74 Å². The lowest BCUT2D eigenvalue weighted by Gasteiger charge is -2.17. The lowest BCUT2D eigenvalue weighted by molar-refractivity contribution is -0.124. The summed E-state index contributed by atoms with van der Waals surface area (Å²) < 4.78 is 8.88. The van der Waals surface area contributed by atoms with Crippen LogP contribution in [0.4, 0.5) is 0 Å². The van der Waals surface area contributed by atoms with Gasteiger partial charge in [0.25, 0.3) is 0 Å². The maximum absolute atomic E-state index is 12.9. The molecule has 1 atom stereocenters. The molecule has 0 bridgehead atoms. The fraction of sp³-hybridized carbons (Fsp3) is 0.238. The van der Waals surface area contributed by atoms with Crippen LogP contribution in [0.15, 0.2) is 67.1 Å². The van der Waals surface area contributed by atoms with Crippen molar-refractivity contribution in [3.63, 3.8) is 0 Å². The third-order valence-corrected chi connectivity index (χ3v) is 4.89. The number of carbonyl (C=O) groups excluding carboxylic acids is 1. The Morgan fingerprint density at radius 3 is 2.79 bits per heavy atom. The smallest absolute Gasteiger partial charge is 0.245 e. The summed E-state index contributed by atoms with van der Waals surface area (Å²) in [5.74, 6) is 0.716. The Morgan fingerprint density at radius 2 is 2.03 bits per heavy atom. The lowest BCUT2D eigenvalue weighted by atomic mass is 10.1. The molecule has 0 aliphatic heterocycles. The molecule has 29 heavy (non-hydrogen) atoms. The van der Waals surface area contributed by atoms with E-state index in [9.17, 15) is 4.79 Å². The third kappa shape index (κ3) is 4.26. The topological polar surface area (TPSA) is 86.9 Å². The Balaban J connectivity index is 1.42. The Bertz CT molecular complexity index is 1080. The molecular weight excluding hydrogens is 368 g/mol. The molecule has 0 saturated carbocycles. The van der Waals surface area contributed by atoms with Gasteiger partial charge in [-0.05, 0) is 40.3 Å². The SMILES string of the molecule is COc1ccc2c(ccn2CCNC(=O)[C@H](Cc2ccccc2)n2cnnn2)c1. The van der Waals surface area contributed by atoms with E-state index in [-0.39, 0.29) is 5.91 Å². The van der Waals surface area contributed by atoms with Gasteiger partial charge in [-0.2, -0.15) is 0 Å². The Hall–Kier alpha value is -3.68. The highest BCUT2D eigenvalue weighted by Gasteiger charge is 2.22. The minimum Gasteiger partial charge on any atom is -0.497 e. The normalized spacial score (nSPS) is 12.0. The van der Waals surface area contributed by atoms with E-state index in [2.05, 4.69) is 25.4 Å². The van der Waals surface area contributed by atoms with E-state index in [0.717, 1.165) is 22.2 Å². The Morgan fingerprint density at radius 1 is 1.17 bits per heavy atom. The van der Waals surface area contributed by atoms with E-state index in [1.54, 1.807) is 7.11 Å². The molecule has 0 aliphatic carbocycles. The van der Waals surface area contributed by atoms with Crippen LogP contribution in [0, 0.1) is 0 Å². The molecule has 1 N–H and O–H groups in total. The second-order valence-corrected chi connectivity index (χ2v) is 6.72. The molecule has 2 aromatic carbocycles. The molecule has 148 valence electrons. The van der Waals surface area contributed by atoms with Crippen LogP contribution < -0.4 is 10.1 Å². The number of benzene rings is 2. The van der Waals surface area contributed by atoms with Gasteiger partial charge in [0.15, 0.2) is 0 Å². The highest BCUT2D eigenvalue weighted by Crippen LogP contribution is 2.21. The molecule has 0 aliphatic rings. The standard InChI is InChI=1S/C21H22N6O2/c1-29-18-7-8-19-17(14-18)9-11-26(19)12-10-22-21(28)20(27-15-23-24-25-27)13-16-5-3-2-4-6-16/h2-9,11,14-15,20H,10,12-13H2,1H3,(H,22,28)/t20-/m0/s1. The van der Waals surface area contributed by atoms with E-state index in [1.807, 2.05) is 60.8 Å². The van der Waals surface area contributed by atoms with Crippen molar-refractivity contribution in [1.29, 1.82) is 0 Å². The van der Waals surface area contributed by atoms with Crippen LogP contribution >= 0.6 is 0 Å². The molecule has 8 nitrogen and oxygen atoms in total. The van der Waals surface area contributed by atoms with Crippen molar-refractivity contribution in [2.75, 3.05) is 13.7 Å². The van der Waals surface area contributed by atoms with Gasteiger partial charge < -0.3 is 14.6 Å². The maximum atomic E-state index is 12.9. The zero-order valence-electron chi connectivity index (χ0n) is 16.1. The minimum atomic E-state index is -0.502. The van der Waals surface area contributed by atoms with Crippen molar-refractivity contribution in [2.45, 2.75) is 19.0 Å². The van der Waals surface area contributed by atoms with E-state index in [1.165, 1.54) is 11.0 Å². The number of methoxy groups -OCH3 is 1. The number of ether oxygens (including phenoxy) is 1. The predicted octanol–water partition coefficient (Wildman–Crippen LogP) is 2.24. The summed E-state index contributed by atoms with van der Waals surface area (Å²) in [5.41, 5.74) is 2.15. The molecule has 0 fully saturated rings. The van der Waals surface area contributed by atoms with Gasteiger partial charge in [0.1, 0.15) is 18.1 Å². The number of aromatic nitrogens is 5. The first-order valence-electron chi connectivity index (χ1n) is 9.41. The average molecular weight is 390 g/mol. The number of nitrogens with one attached hydrogen (secondary N) is 1. The number of amides is 1. The van der Waals surface area contributed by atoms with Gasteiger partial charge in [-0.25, -0.2) is 4.68 Å². The highest BCUT2D eigenvalue weighted by atomic mass is 16.5. The maximum Gasteiger partial charge on any atom is 0.245 e. The van der Waals surface area contributed by atoms with Crippen molar-refractivity contribution < 1.29 is 9.53 Å². The second kappa shape index (κ2) is 8.55. The van der Waals surface area contributed by atoms with Crippen molar-refractivity contribution in [3.05, 3.63) is 72.7 Å². The monoisotopic (exact) mass is 390 g/mol. The predicted molar refractivity (Wildman–Crippen MR) is 108 cm³/mol. The number of rotatable bonds is 8. The van der Waals surface area contributed by atoms with Gasteiger partial charge in [-0.3, -0.25) is 4.79 Å². The molecule has 2 heterocycles. The van der Waals surface area contributed by atoms with Crippen molar-refractivity contribution >= 4 is 16.8 Å². The second-order valence-electron chi connectivity index (χ2n) is 6.72. The summed E-state index contributed by atoms with van der Waals surface area (Å²) >= 11 is 0. The van der Waals surface area contributed by atoms with Crippen LogP contribution in [0.5, 0.6) is 5.75 Å². The summed E-state index contributed by atoms with van der Waals surface area (Å²) in [6.07, 6.45) is 4.00. The van der Waals surface area contributed by atoms with Crippen LogP contribution in [0.25, 0.3) is 10.9 Å². The minimum absolute atomic E-state index is 0.112. The Labute approximate surface area is 168 Å². The van der Waals surface area contributed by atoms with Gasteiger partial charge in [-0.1, -0.05) is 30.3 Å². The molecule has 4 rings (SSSR count). The zero-order chi connectivity index (χ0) is 20.1. The van der Waals surface area contributed by atoms with Gasteiger partial charge in [0.05, 0.1) is 7.11 Å². The van der Waals surface area contributed by atoms with Crippen molar-refractivity contribution in [2.24, 2.45) is 0 Å². The quantitative estimate of drug-likeness (QED) is 0.499. The van der Waals surface area contributed by atoms with E-state index < -0.39 is 6.04 Å². The molecule has 0 unspecified atom stereocenters. The highest BCUT2D eigenvalue weighted by molar-refractivity contribution is 5.82. The van der Waals surface area contributed by atoms with Crippen molar-refractivity contribution in [3.8, 4) is 5.75 Å². The fourth-order valence-electron chi connectivity index (χ4n) is 3.37. The van der Waals surface area contributed by atoms with Gasteiger partial charge >= 0.3 is 0 Å². The first-order chi connectivity index (χ1) is 14.2. The van der Waals surface area contributed by atoms with Gasteiger partial charge in [0, 0.05) is 36.6 Å². The molecular formula is C21H22N6O2. The third-order valence-electron chi connectivity index (χ3n) is 4.89. The molecule has 0 spiro atoms. The molecule has 0 saturated heterocycles. The molecule has 8 heteroatoms. The van der Waals surface area contributed by atoms with Crippen LogP contribution in [-0.4, -0.2) is 44.3 Å². The first kappa shape index (κ1) is 18.7. The van der Waals surface area contributed by atoms with Crippen LogP contribution in [0.1, 0.15) is 11.6 Å². The number of hydrogen-bond acceptors (Lipinski definition) is 5. The van der Waals surface area contributed by atoms with E-state index in [0.29, 0.717) is 19.5 Å². The molecule has 0 radical (unpaired) electrons. The summed E-state index contributed by atoms with van der Waals surface area (Å²) in [4.78, 5) is 12.9. The molecule has 4 aromatic rings. The van der Waals surface area contributed by atoms with Crippen molar-refractivity contribution in [1.82, 2.24) is 30.1 Å². The number of nitrogens with zero attached hydrogens (tertiary/aromatic N) is 5. The lowest BCUT2D eigenvalue weighted by Crippen LogP contribution is -2.36. The molecule has 1 amide bonds. The van der Waals surface area contributed by atoms with Gasteiger partial charge in [-0.15, -0.1) is 5.10 Å². The van der Waals surface area contributed by atoms with Crippen LogP contribution in [0.3, 0.4) is 0 Å². The number of hydrogen-bond donors (Lipinski definition) is 1. The summed E-state index contributed by atoms with van der Waals surface area (Å²) in [5, 5.41) is 15.4. The average Bonchev–Trinajstić information content (AvgIpc) is 3.42. The molecule has 2 aromatic heterocycles. The number of fused-ring (bicyclic) bond motifs is 1. The van der Waals surface area contributed by atoms with Crippen LogP contribution in [0.2, 0.25) is 0 Å². The fourth-order valence-corrected chi connectivity index (χ4v) is 3.37. The van der Waals surface area contributed by atoms with Gasteiger partial charge in [0.2, 0.25) is 5.91 Å². The summed E-state index contributed by atoms with van der Waals surface area (Å²) in [6.45, 7) is 1.16.